The first-order valence-corrected chi connectivity index (χ1v) is 15.2. The molecule has 3 nitrogen and oxygen atoms in total. The van der Waals surface area contributed by atoms with E-state index in [-0.39, 0.29) is 11.5 Å². The predicted octanol–water partition coefficient (Wildman–Crippen LogP) is 9.17. The highest BCUT2D eigenvalue weighted by atomic mass is 16.5. The van der Waals surface area contributed by atoms with E-state index in [1.807, 2.05) is 12.1 Å². The van der Waals surface area contributed by atoms with Crippen LogP contribution in [-0.2, 0) is 0 Å². The Hall–Kier alpha value is -3.72. The lowest BCUT2D eigenvalue weighted by atomic mass is 9.61. The van der Waals surface area contributed by atoms with Crippen LogP contribution in [0.1, 0.15) is 45.2 Å². The van der Waals surface area contributed by atoms with Gasteiger partial charge in [-0.2, -0.15) is 0 Å². The summed E-state index contributed by atoms with van der Waals surface area (Å²) >= 11 is 0. The van der Waals surface area contributed by atoms with Gasteiger partial charge in [0, 0.05) is 36.3 Å². The van der Waals surface area contributed by atoms with Gasteiger partial charge in [0.05, 0.1) is 12.6 Å². The molecule has 0 spiro atoms. The molecule has 3 aliphatic rings. The highest BCUT2D eigenvalue weighted by molar-refractivity contribution is 5.79. The van der Waals surface area contributed by atoms with Gasteiger partial charge in [-0.05, 0) is 105 Å². The van der Waals surface area contributed by atoms with Crippen molar-refractivity contribution in [3.05, 3.63) is 120 Å². The van der Waals surface area contributed by atoms with Crippen LogP contribution in [0.4, 0.5) is 11.4 Å². The molecule has 1 N–H and O–H groups in total. The normalized spacial score (nSPS) is 27.9. The Morgan fingerprint density at radius 1 is 1.02 bits per heavy atom. The molecule has 0 saturated heterocycles. The molecule has 3 heteroatoms. The lowest BCUT2D eigenvalue weighted by Crippen LogP contribution is -2.48. The van der Waals surface area contributed by atoms with Crippen molar-refractivity contribution in [2.24, 2.45) is 23.7 Å². The summed E-state index contributed by atoms with van der Waals surface area (Å²) in [5.41, 5.74) is 8.99. The molecular weight excluding hydrogens is 500 g/mol. The van der Waals surface area contributed by atoms with Crippen molar-refractivity contribution in [3.63, 3.8) is 0 Å². The Morgan fingerprint density at radius 3 is 2.41 bits per heavy atom. The van der Waals surface area contributed by atoms with E-state index >= 15 is 0 Å². The van der Waals surface area contributed by atoms with E-state index in [1.165, 1.54) is 33.5 Å². The van der Waals surface area contributed by atoms with Crippen LogP contribution in [0.25, 0.3) is 5.57 Å². The summed E-state index contributed by atoms with van der Waals surface area (Å²) in [7, 11) is 1.71. The van der Waals surface area contributed by atoms with Crippen molar-refractivity contribution in [1.82, 2.24) is 0 Å². The van der Waals surface area contributed by atoms with Crippen LogP contribution >= 0.6 is 0 Å². The number of hydrogen-bond donors (Lipinski definition) is 1. The molecule has 2 aromatic carbocycles. The summed E-state index contributed by atoms with van der Waals surface area (Å²) in [6, 6.07) is 15.3. The first kappa shape index (κ1) is 28.8. The second-order valence-electron chi connectivity index (χ2n) is 12.0. The number of anilines is 2. The summed E-state index contributed by atoms with van der Waals surface area (Å²) < 4.78 is 5.39. The van der Waals surface area contributed by atoms with Crippen LogP contribution in [0, 0.1) is 30.6 Å². The topological polar surface area (TPSA) is 24.5 Å². The smallest absolute Gasteiger partial charge is 0.119 e. The highest BCUT2D eigenvalue weighted by Crippen LogP contribution is 2.50. The van der Waals surface area contributed by atoms with E-state index in [2.05, 4.69) is 130 Å². The van der Waals surface area contributed by atoms with Gasteiger partial charge in [-0.25, -0.2) is 0 Å². The standard InChI is InChI=1S/C38H46N2O/c1-8-40(9-2)30-17-21-33(28(5)25-30)37(32-20-14-26(3)24-27(32)4)35-22-23-38(6,36-13-11-10-12-34(35)36)39-29-15-18-31(41-7)19-16-29/h10-23,25,27,34-36,39H,3,8-9,24H2,1-2,4-7H3/b37-32-. The van der Waals surface area contributed by atoms with E-state index in [0.717, 1.165) is 30.9 Å². The maximum absolute atomic E-state index is 5.39. The highest BCUT2D eigenvalue weighted by Gasteiger charge is 2.44. The molecule has 2 aromatic rings. The molecule has 214 valence electrons. The zero-order valence-corrected chi connectivity index (χ0v) is 25.7. The molecule has 0 bridgehead atoms. The van der Waals surface area contributed by atoms with Crippen LogP contribution in [0.3, 0.4) is 0 Å². The largest absolute Gasteiger partial charge is 0.497 e. The number of fused-ring (bicyclic) bond motifs is 1. The Balaban J connectivity index is 1.61. The van der Waals surface area contributed by atoms with E-state index in [9.17, 15) is 0 Å². The maximum atomic E-state index is 5.39. The number of benzene rings is 2. The summed E-state index contributed by atoms with van der Waals surface area (Å²) in [6.07, 6.45) is 19.8. The van der Waals surface area contributed by atoms with Crippen molar-refractivity contribution >= 4 is 16.9 Å². The predicted molar refractivity (Wildman–Crippen MR) is 177 cm³/mol. The zero-order valence-electron chi connectivity index (χ0n) is 25.7. The second-order valence-corrected chi connectivity index (χ2v) is 12.0. The number of aryl methyl sites for hydroxylation is 1. The maximum Gasteiger partial charge on any atom is 0.119 e. The number of nitrogens with one attached hydrogen (secondary N) is 1. The minimum atomic E-state index is -0.225. The van der Waals surface area contributed by atoms with Crippen LogP contribution in [-0.4, -0.2) is 25.7 Å². The van der Waals surface area contributed by atoms with Gasteiger partial charge in [-0.1, -0.05) is 73.8 Å². The molecule has 0 heterocycles. The summed E-state index contributed by atoms with van der Waals surface area (Å²) in [5, 5.41) is 3.87. The number of nitrogens with zero attached hydrogens (tertiary/aromatic N) is 1. The van der Waals surface area contributed by atoms with Crippen molar-refractivity contribution in [2.45, 2.75) is 46.6 Å². The van der Waals surface area contributed by atoms with Gasteiger partial charge >= 0.3 is 0 Å². The van der Waals surface area contributed by atoms with Crippen molar-refractivity contribution in [1.29, 1.82) is 0 Å². The number of methoxy groups -OCH3 is 1. The number of allylic oxidation sites excluding steroid dienone is 9. The summed E-state index contributed by atoms with van der Waals surface area (Å²) in [5.74, 6) is 2.18. The second kappa shape index (κ2) is 12.0. The van der Waals surface area contributed by atoms with Gasteiger partial charge in [0.2, 0.25) is 0 Å². The molecule has 41 heavy (non-hydrogen) atoms. The van der Waals surface area contributed by atoms with Crippen LogP contribution in [0.5, 0.6) is 5.75 Å². The molecule has 0 amide bonds. The van der Waals surface area contributed by atoms with Gasteiger partial charge in [0.1, 0.15) is 5.75 Å². The van der Waals surface area contributed by atoms with E-state index in [0.29, 0.717) is 17.8 Å². The van der Waals surface area contributed by atoms with E-state index < -0.39 is 0 Å². The fraction of sp³-hybridized carbons (Fsp3) is 0.368. The SMILES string of the molecule is C=C1C=C/C(=C(\c2ccc(N(CC)CC)cc2C)C2C=CC(C)(Nc3ccc(OC)cc3)C3C=CC=CC23)C(C)C1. The van der Waals surface area contributed by atoms with Crippen molar-refractivity contribution in [2.75, 3.05) is 30.4 Å². The molecule has 0 aromatic heterocycles. The number of hydrogen-bond acceptors (Lipinski definition) is 3. The van der Waals surface area contributed by atoms with Gasteiger partial charge in [-0.3, -0.25) is 0 Å². The van der Waals surface area contributed by atoms with Gasteiger partial charge in [0.15, 0.2) is 0 Å². The third-order valence-corrected chi connectivity index (χ3v) is 9.31. The van der Waals surface area contributed by atoms with E-state index in [4.69, 9.17) is 4.74 Å². The Morgan fingerprint density at radius 2 is 1.76 bits per heavy atom. The average Bonchev–Trinajstić information content (AvgIpc) is 2.97. The molecule has 5 atom stereocenters. The van der Waals surface area contributed by atoms with Gasteiger partial charge in [0.25, 0.3) is 0 Å². The first-order chi connectivity index (χ1) is 19.8. The first-order valence-electron chi connectivity index (χ1n) is 15.2. The molecule has 0 saturated carbocycles. The van der Waals surface area contributed by atoms with Crippen LogP contribution < -0.4 is 15.0 Å². The lowest BCUT2D eigenvalue weighted by molar-refractivity contribution is 0.310. The molecule has 3 aliphatic carbocycles. The number of rotatable bonds is 8. The van der Waals surface area contributed by atoms with Gasteiger partial charge < -0.3 is 15.0 Å². The van der Waals surface area contributed by atoms with Crippen LogP contribution in [0.2, 0.25) is 0 Å². The zero-order chi connectivity index (χ0) is 29.1. The third-order valence-electron chi connectivity index (χ3n) is 9.31. The van der Waals surface area contributed by atoms with Crippen molar-refractivity contribution < 1.29 is 4.74 Å². The lowest BCUT2D eigenvalue weighted by Gasteiger charge is -2.47. The molecular formula is C38H46N2O. The Bertz CT molecular complexity index is 1420. The van der Waals surface area contributed by atoms with Gasteiger partial charge in [-0.15, -0.1) is 0 Å². The quantitative estimate of drug-likeness (QED) is 0.334. The summed E-state index contributed by atoms with van der Waals surface area (Å²) in [4.78, 5) is 2.43. The van der Waals surface area contributed by atoms with E-state index in [1.54, 1.807) is 7.11 Å². The average molecular weight is 547 g/mol. The molecule has 0 fully saturated rings. The fourth-order valence-electron chi connectivity index (χ4n) is 7.07. The minimum Gasteiger partial charge on any atom is -0.497 e. The van der Waals surface area contributed by atoms with Crippen LogP contribution in [0.15, 0.2) is 109 Å². The fourth-order valence-corrected chi connectivity index (χ4v) is 7.07. The Kier molecular flexibility index (Phi) is 8.45. The third kappa shape index (κ3) is 5.73. The molecule has 0 radical (unpaired) electrons. The monoisotopic (exact) mass is 546 g/mol. The number of ether oxygens (including phenoxy) is 1. The summed E-state index contributed by atoms with van der Waals surface area (Å²) in [6.45, 7) is 17.7. The molecule has 5 unspecified atom stereocenters. The Labute approximate surface area is 247 Å². The van der Waals surface area contributed by atoms with Crippen molar-refractivity contribution in [3.8, 4) is 5.75 Å². The molecule has 0 aliphatic heterocycles. The minimum absolute atomic E-state index is 0.225. The molecule has 5 rings (SSSR count).